The minimum absolute atomic E-state index is 0.0498. The standard InChI is InChI=1S/C31H39N3O6S/c1-5-7-21-32-31(36)24(3)33(22-25-13-17-27(39-4)18-14-25)30(35)23-34(26-15-19-28(20-16-26)40-6-2)41(37,38)29-11-9-8-10-12-29/h8-20,24H,5-7,21-23H2,1-4H3,(H,32,36). The second kappa shape index (κ2) is 15.1. The van der Waals surface area contributed by atoms with Crippen molar-refractivity contribution in [1.29, 1.82) is 0 Å². The van der Waals surface area contributed by atoms with Gasteiger partial charge in [-0.3, -0.25) is 13.9 Å². The van der Waals surface area contributed by atoms with Crippen molar-refractivity contribution < 1.29 is 27.5 Å². The van der Waals surface area contributed by atoms with Crippen molar-refractivity contribution in [2.45, 2.75) is 51.1 Å². The maximum absolute atomic E-state index is 14.0. The number of nitrogens with one attached hydrogen (secondary N) is 1. The SMILES string of the molecule is CCCCNC(=O)C(C)N(Cc1ccc(OC)cc1)C(=O)CN(c1ccc(OCC)cc1)S(=O)(=O)c1ccccc1. The van der Waals surface area contributed by atoms with E-state index in [1.165, 1.54) is 17.0 Å². The van der Waals surface area contributed by atoms with Crippen LogP contribution >= 0.6 is 0 Å². The number of ether oxygens (including phenoxy) is 2. The summed E-state index contributed by atoms with van der Waals surface area (Å²) in [6.45, 7) is 6.08. The molecule has 0 bridgehead atoms. The lowest BCUT2D eigenvalue weighted by Gasteiger charge is -2.32. The predicted octanol–water partition coefficient (Wildman–Crippen LogP) is 4.62. The summed E-state index contributed by atoms with van der Waals surface area (Å²) in [5.74, 6) is 0.414. The van der Waals surface area contributed by atoms with Crippen LogP contribution in [0.4, 0.5) is 5.69 Å². The lowest BCUT2D eigenvalue weighted by atomic mass is 10.1. The molecule has 0 aliphatic rings. The van der Waals surface area contributed by atoms with Gasteiger partial charge in [-0.25, -0.2) is 8.42 Å². The molecule has 1 atom stereocenters. The van der Waals surface area contributed by atoms with Crippen molar-refractivity contribution >= 4 is 27.5 Å². The molecule has 1 unspecified atom stereocenters. The van der Waals surface area contributed by atoms with Gasteiger partial charge < -0.3 is 19.7 Å². The minimum Gasteiger partial charge on any atom is -0.497 e. The number of amides is 2. The third kappa shape index (κ3) is 8.47. The fraction of sp³-hybridized carbons (Fsp3) is 0.355. The van der Waals surface area contributed by atoms with E-state index in [-0.39, 0.29) is 17.3 Å². The molecular weight excluding hydrogens is 542 g/mol. The highest BCUT2D eigenvalue weighted by atomic mass is 32.2. The topological polar surface area (TPSA) is 105 Å². The van der Waals surface area contributed by atoms with Crippen LogP contribution in [0.15, 0.2) is 83.8 Å². The molecule has 0 fully saturated rings. The molecule has 0 aliphatic heterocycles. The van der Waals surface area contributed by atoms with E-state index in [9.17, 15) is 18.0 Å². The zero-order valence-corrected chi connectivity index (χ0v) is 24.9. The smallest absolute Gasteiger partial charge is 0.264 e. The first-order chi connectivity index (χ1) is 19.7. The summed E-state index contributed by atoms with van der Waals surface area (Å²) >= 11 is 0. The molecule has 3 aromatic rings. The Labute approximate surface area is 243 Å². The first-order valence-corrected chi connectivity index (χ1v) is 15.2. The van der Waals surface area contributed by atoms with Gasteiger partial charge >= 0.3 is 0 Å². The number of hydrogen-bond acceptors (Lipinski definition) is 6. The Morgan fingerprint density at radius 1 is 0.902 bits per heavy atom. The van der Waals surface area contributed by atoms with Crippen molar-refractivity contribution in [3.05, 3.63) is 84.4 Å². The van der Waals surface area contributed by atoms with Crippen LogP contribution in [0, 0.1) is 0 Å². The average Bonchev–Trinajstić information content (AvgIpc) is 2.99. The van der Waals surface area contributed by atoms with Gasteiger partial charge in [0, 0.05) is 13.1 Å². The van der Waals surface area contributed by atoms with E-state index >= 15 is 0 Å². The molecule has 0 heterocycles. The van der Waals surface area contributed by atoms with Crippen molar-refractivity contribution in [2.75, 3.05) is 31.1 Å². The number of unbranched alkanes of at least 4 members (excludes halogenated alkanes) is 1. The van der Waals surface area contributed by atoms with Crippen molar-refractivity contribution in [1.82, 2.24) is 10.2 Å². The van der Waals surface area contributed by atoms with Gasteiger partial charge in [-0.1, -0.05) is 43.7 Å². The van der Waals surface area contributed by atoms with Crippen LogP contribution in [-0.4, -0.2) is 58.0 Å². The molecule has 3 aromatic carbocycles. The molecule has 0 radical (unpaired) electrons. The van der Waals surface area contributed by atoms with Gasteiger partial charge in [0.25, 0.3) is 10.0 Å². The molecule has 3 rings (SSSR count). The zero-order valence-electron chi connectivity index (χ0n) is 24.1. The van der Waals surface area contributed by atoms with E-state index in [0.717, 1.165) is 22.7 Å². The molecule has 220 valence electrons. The molecular formula is C31H39N3O6S. The normalized spacial score (nSPS) is 11.8. The number of carbonyl (C=O) groups excluding carboxylic acids is 2. The number of sulfonamides is 1. The molecule has 2 amide bonds. The molecule has 0 spiro atoms. The average molecular weight is 582 g/mol. The van der Waals surface area contributed by atoms with E-state index in [1.807, 2.05) is 26.0 Å². The summed E-state index contributed by atoms with van der Waals surface area (Å²) in [6, 6.07) is 20.8. The van der Waals surface area contributed by atoms with Gasteiger partial charge in [-0.05, 0) is 74.4 Å². The van der Waals surface area contributed by atoms with Crippen LogP contribution in [0.2, 0.25) is 0 Å². The van der Waals surface area contributed by atoms with E-state index in [2.05, 4.69) is 5.32 Å². The Bertz CT molecular complexity index is 1360. The number of hydrogen-bond donors (Lipinski definition) is 1. The van der Waals surface area contributed by atoms with Crippen LogP contribution in [0.3, 0.4) is 0 Å². The van der Waals surface area contributed by atoms with Crippen LogP contribution in [0.5, 0.6) is 11.5 Å². The molecule has 0 saturated carbocycles. The van der Waals surface area contributed by atoms with Gasteiger partial charge in [0.1, 0.15) is 24.1 Å². The molecule has 0 saturated heterocycles. The Kier molecular flexibility index (Phi) is 11.6. The molecule has 0 aromatic heterocycles. The number of carbonyl (C=O) groups is 2. The van der Waals surface area contributed by atoms with Gasteiger partial charge in [0.2, 0.25) is 11.8 Å². The van der Waals surface area contributed by atoms with E-state index in [1.54, 1.807) is 68.6 Å². The molecule has 10 heteroatoms. The third-order valence-corrected chi connectivity index (χ3v) is 8.34. The van der Waals surface area contributed by atoms with E-state index in [4.69, 9.17) is 9.47 Å². The maximum Gasteiger partial charge on any atom is 0.264 e. The molecule has 0 aliphatic carbocycles. The number of methoxy groups -OCH3 is 1. The number of benzene rings is 3. The second-order valence-corrected chi connectivity index (χ2v) is 11.3. The van der Waals surface area contributed by atoms with Crippen LogP contribution < -0.4 is 19.1 Å². The Hall–Kier alpha value is -4.05. The van der Waals surface area contributed by atoms with E-state index in [0.29, 0.717) is 30.3 Å². The third-order valence-electron chi connectivity index (χ3n) is 6.55. The summed E-state index contributed by atoms with van der Waals surface area (Å²) in [5, 5.41) is 2.88. The van der Waals surface area contributed by atoms with Crippen LogP contribution in [0.25, 0.3) is 0 Å². The summed E-state index contributed by atoms with van der Waals surface area (Å²) in [5.41, 5.74) is 1.07. The second-order valence-electron chi connectivity index (χ2n) is 9.44. The van der Waals surface area contributed by atoms with Crippen molar-refractivity contribution in [3.8, 4) is 11.5 Å². The lowest BCUT2D eigenvalue weighted by molar-refractivity contribution is -0.139. The van der Waals surface area contributed by atoms with Gasteiger partial charge in [0.05, 0.1) is 24.3 Å². The summed E-state index contributed by atoms with van der Waals surface area (Å²) in [4.78, 5) is 28.5. The first kappa shape index (κ1) is 31.5. The van der Waals surface area contributed by atoms with Crippen molar-refractivity contribution in [2.24, 2.45) is 0 Å². The minimum atomic E-state index is -4.13. The highest BCUT2D eigenvalue weighted by molar-refractivity contribution is 7.92. The van der Waals surface area contributed by atoms with E-state index < -0.39 is 28.5 Å². The van der Waals surface area contributed by atoms with Gasteiger partial charge in [-0.2, -0.15) is 0 Å². The molecule has 41 heavy (non-hydrogen) atoms. The van der Waals surface area contributed by atoms with Crippen LogP contribution in [-0.2, 0) is 26.2 Å². The number of rotatable bonds is 15. The fourth-order valence-electron chi connectivity index (χ4n) is 4.17. The predicted molar refractivity (Wildman–Crippen MR) is 160 cm³/mol. The summed E-state index contributed by atoms with van der Waals surface area (Å²) in [6.07, 6.45) is 1.73. The number of nitrogens with zero attached hydrogens (tertiary/aromatic N) is 2. The Balaban J connectivity index is 1.98. The van der Waals surface area contributed by atoms with Crippen molar-refractivity contribution in [3.63, 3.8) is 0 Å². The van der Waals surface area contributed by atoms with Crippen LogP contribution in [0.1, 0.15) is 39.2 Å². The largest absolute Gasteiger partial charge is 0.497 e. The summed E-state index contributed by atoms with van der Waals surface area (Å²) < 4.78 is 39.5. The quantitative estimate of drug-likeness (QED) is 0.263. The van der Waals surface area contributed by atoms with Gasteiger partial charge in [-0.15, -0.1) is 0 Å². The zero-order chi connectivity index (χ0) is 29.8. The maximum atomic E-state index is 14.0. The van der Waals surface area contributed by atoms with Gasteiger partial charge in [0.15, 0.2) is 0 Å². The Morgan fingerprint density at radius 3 is 2.12 bits per heavy atom. The Morgan fingerprint density at radius 2 is 1.54 bits per heavy atom. The lowest BCUT2D eigenvalue weighted by Crippen LogP contribution is -2.51. The molecule has 9 nitrogen and oxygen atoms in total. The molecule has 1 N–H and O–H groups in total. The monoisotopic (exact) mass is 581 g/mol. The summed E-state index contributed by atoms with van der Waals surface area (Å²) in [7, 11) is -2.56. The highest BCUT2D eigenvalue weighted by Gasteiger charge is 2.32. The fourth-order valence-corrected chi connectivity index (χ4v) is 5.61. The highest BCUT2D eigenvalue weighted by Crippen LogP contribution is 2.26. The first-order valence-electron chi connectivity index (χ1n) is 13.7. The number of anilines is 1.